The van der Waals surface area contributed by atoms with Gasteiger partial charge in [-0.25, -0.2) is 4.98 Å². The Hall–Kier alpha value is -2.76. The molecule has 0 bridgehead atoms. The molecule has 0 atom stereocenters. The molecule has 3 aromatic rings. The highest BCUT2D eigenvalue weighted by Crippen LogP contribution is 2.01. The average molecular weight is 254 g/mol. The molecule has 0 saturated heterocycles. The van der Waals surface area contributed by atoms with Crippen molar-refractivity contribution in [3.05, 3.63) is 69.3 Å². The van der Waals surface area contributed by atoms with E-state index in [1.165, 1.54) is 17.2 Å². The van der Waals surface area contributed by atoms with Gasteiger partial charge in [-0.3, -0.25) is 14.2 Å². The zero-order valence-corrected chi connectivity index (χ0v) is 9.91. The predicted octanol–water partition coefficient (Wildman–Crippen LogP) is 0.528. The third-order valence-corrected chi connectivity index (χ3v) is 2.83. The molecule has 3 rings (SSSR count). The Bertz CT molecular complexity index is 836. The first kappa shape index (κ1) is 11.3. The molecule has 0 amide bonds. The van der Waals surface area contributed by atoms with Gasteiger partial charge in [-0.15, -0.1) is 0 Å². The topological polar surface area (TPSA) is 80.6 Å². The lowest BCUT2D eigenvalue weighted by molar-refractivity contribution is 0.750. The molecular weight excluding hydrogens is 244 g/mol. The minimum absolute atomic E-state index is 0.0665. The molecule has 0 aliphatic heterocycles. The van der Waals surface area contributed by atoms with Gasteiger partial charge in [-0.2, -0.15) is 4.98 Å². The van der Waals surface area contributed by atoms with Gasteiger partial charge in [0.2, 0.25) is 0 Å². The van der Waals surface area contributed by atoms with Gasteiger partial charge in [0.25, 0.3) is 11.1 Å². The Morgan fingerprint density at radius 2 is 1.89 bits per heavy atom. The van der Waals surface area contributed by atoms with Crippen LogP contribution >= 0.6 is 0 Å². The summed E-state index contributed by atoms with van der Waals surface area (Å²) in [5, 5.41) is 0. The molecule has 0 aliphatic carbocycles. The number of rotatable bonds is 2. The molecule has 0 aliphatic rings. The van der Waals surface area contributed by atoms with Crippen LogP contribution in [-0.2, 0) is 6.54 Å². The van der Waals surface area contributed by atoms with Crippen LogP contribution in [0, 0.1) is 0 Å². The quantitative estimate of drug-likeness (QED) is 0.723. The number of imidazole rings is 1. The van der Waals surface area contributed by atoms with Gasteiger partial charge in [0, 0.05) is 0 Å². The zero-order valence-electron chi connectivity index (χ0n) is 9.91. The second-order valence-corrected chi connectivity index (χ2v) is 4.09. The summed E-state index contributed by atoms with van der Waals surface area (Å²) in [6.07, 6.45) is 2.58. The Kier molecular flexibility index (Phi) is 2.68. The van der Waals surface area contributed by atoms with E-state index < -0.39 is 5.56 Å². The molecule has 0 radical (unpaired) electrons. The van der Waals surface area contributed by atoms with E-state index in [0.29, 0.717) is 6.54 Å². The molecule has 94 valence electrons. The molecule has 19 heavy (non-hydrogen) atoms. The highest BCUT2D eigenvalue weighted by molar-refractivity contribution is 5.71. The fourth-order valence-electron chi connectivity index (χ4n) is 1.89. The van der Waals surface area contributed by atoms with Crippen molar-refractivity contribution in [3.8, 4) is 0 Å². The lowest BCUT2D eigenvalue weighted by Gasteiger charge is -2.01. The van der Waals surface area contributed by atoms with Crippen molar-refractivity contribution in [2.45, 2.75) is 6.54 Å². The molecule has 1 aromatic carbocycles. The number of nitrogens with one attached hydrogen (secondary N) is 1. The van der Waals surface area contributed by atoms with E-state index in [1.807, 2.05) is 30.3 Å². The molecule has 0 fully saturated rings. The molecule has 6 nitrogen and oxygen atoms in total. The minimum Gasteiger partial charge on any atom is -0.340 e. The van der Waals surface area contributed by atoms with Gasteiger partial charge < -0.3 is 4.98 Å². The normalized spacial score (nSPS) is 10.7. The minimum atomic E-state index is -0.514. The second-order valence-electron chi connectivity index (χ2n) is 4.09. The predicted molar refractivity (Wildman–Crippen MR) is 70.0 cm³/mol. The van der Waals surface area contributed by atoms with E-state index in [-0.39, 0.29) is 16.6 Å². The number of aromatic nitrogens is 4. The lowest BCUT2D eigenvalue weighted by atomic mass is 10.2. The number of hydrogen-bond acceptors (Lipinski definition) is 4. The summed E-state index contributed by atoms with van der Waals surface area (Å²) in [6, 6.07) is 9.49. The molecule has 0 saturated carbocycles. The van der Waals surface area contributed by atoms with Crippen molar-refractivity contribution in [2.24, 2.45) is 0 Å². The SMILES string of the molecule is O=c1ncn(Cc2ccccc2)c(=O)c2[nH]cnc12. The van der Waals surface area contributed by atoms with Crippen molar-refractivity contribution in [1.29, 1.82) is 0 Å². The molecule has 2 aromatic heterocycles. The summed E-state index contributed by atoms with van der Waals surface area (Å²) in [4.78, 5) is 34.1. The highest BCUT2D eigenvalue weighted by Gasteiger charge is 2.07. The fraction of sp³-hybridized carbons (Fsp3) is 0.0769. The maximum Gasteiger partial charge on any atom is 0.299 e. The van der Waals surface area contributed by atoms with Gasteiger partial charge in [-0.05, 0) is 5.56 Å². The largest absolute Gasteiger partial charge is 0.340 e. The van der Waals surface area contributed by atoms with Crippen molar-refractivity contribution in [2.75, 3.05) is 0 Å². The van der Waals surface area contributed by atoms with E-state index in [1.54, 1.807) is 0 Å². The standard InChI is InChI=1S/C13H10N4O2/c18-12-10-11(15-7-14-10)13(19)17(8-16-12)6-9-4-2-1-3-5-9/h1-5,7-8H,6H2,(H,14,15). The third kappa shape index (κ3) is 2.03. The molecule has 0 spiro atoms. The van der Waals surface area contributed by atoms with Crippen LogP contribution in [0.3, 0.4) is 0 Å². The number of fused-ring (bicyclic) bond motifs is 1. The average Bonchev–Trinajstić information content (AvgIpc) is 2.89. The Labute approximate surface area is 107 Å². The van der Waals surface area contributed by atoms with Crippen LogP contribution in [0.4, 0.5) is 0 Å². The second kappa shape index (κ2) is 4.49. The molecule has 6 heteroatoms. The van der Waals surface area contributed by atoms with Gasteiger partial charge in [-0.1, -0.05) is 30.3 Å². The Morgan fingerprint density at radius 3 is 2.68 bits per heavy atom. The molecule has 0 unspecified atom stereocenters. The van der Waals surface area contributed by atoms with Crippen molar-refractivity contribution in [3.63, 3.8) is 0 Å². The van der Waals surface area contributed by atoms with Gasteiger partial charge in [0.15, 0.2) is 5.52 Å². The fourth-order valence-corrected chi connectivity index (χ4v) is 1.89. The number of hydrogen-bond donors (Lipinski definition) is 1. The number of nitrogens with zero attached hydrogens (tertiary/aromatic N) is 3. The van der Waals surface area contributed by atoms with Crippen LogP contribution in [0.2, 0.25) is 0 Å². The lowest BCUT2D eigenvalue weighted by Crippen LogP contribution is -2.18. The van der Waals surface area contributed by atoms with Crippen molar-refractivity contribution in [1.82, 2.24) is 19.5 Å². The zero-order chi connectivity index (χ0) is 13.2. The van der Waals surface area contributed by atoms with Crippen molar-refractivity contribution >= 4 is 11.0 Å². The van der Waals surface area contributed by atoms with Crippen LogP contribution in [0.15, 0.2) is 52.6 Å². The van der Waals surface area contributed by atoms with Gasteiger partial charge in [0.1, 0.15) is 11.8 Å². The summed E-state index contributed by atoms with van der Waals surface area (Å²) < 4.78 is 1.39. The van der Waals surface area contributed by atoms with Crippen LogP contribution in [0.1, 0.15) is 5.56 Å². The first-order chi connectivity index (χ1) is 9.25. The van der Waals surface area contributed by atoms with Crippen molar-refractivity contribution < 1.29 is 0 Å². The monoisotopic (exact) mass is 254 g/mol. The summed E-state index contributed by atoms with van der Waals surface area (Å²) in [6.45, 7) is 0.356. The van der Waals surface area contributed by atoms with E-state index in [4.69, 9.17) is 0 Å². The van der Waals surface area contributed by atoms with E-state index >= 15 is 0 Å². The Balaban J connectivity index is 2.21. The van der Waals surface area contributed by atoms with Gasteiger partial charge in [0.05, 0.1) is 12.9 Å². The van der Waals surface area contributed by atoms with E-state index in [2.05, 4.69) is 15.0 Å². The van der Waals surface area contributed by atoms with Crippen LogP contribution in [0.25, 0.3) is 11.0 Å². The first-order valence-corrected chi connectivity index (χ1v) is 5.72. The summed E-state index contributed by atoms with van der Waals surface area (Å²) in [5.74, 6) is 0. The number of aromatic amines is 1. The number of H-pyrrole nitrogens is 1. The molecule has 2 heterocycles. The smallest absolute Gasteiger partial charge is 0.299 e. The van der Waals surface area contributed by atoms with Crippen LogP contribution < -0.4 is 11.1 Å². The maximum atomic E-state index is 12.3. The number of benzene rings is 1. The third-order valence-electron chi connectivity index (χ3n) is 2.83. The summed E-state index contributed by atoms with van der Waals surface area (Å²) >= 11 is 0. The van der Waals surface area contributed by atoms with Gasteiger partial charge >= 0.3 is 0 Å². The van der Waals surface area contributed by atoms with Crippen LogP contribution in [-0.4, -0.2) is 19.5 Å². The Morgan fingerprint density at radius 1 is 1.11 bits per heavy atom. The summed E-state index contributed by atoms with van der Waals surface area (Å²) in [7, 11) is 0. The highest BCUT2D eigenvalue weighted by atomic mass is 16.1. The molecule has 1 N–H and O–H groups in total. The first-order valence-electron chi connectivity index (χ1n) is 5.72. The maximum absolute atomic E-state index is 12.3. The van der Waals surface area contributed by atoms with E-state index in [9.17, 15) is 9.59 Å². The van der Waals surface area contributed by atoms with Crippen LogP contribution in [0.5, 0.6) is 0 Å². The van der Waals surface area contributed by atoms with E-state index in [0.717, 1.165) is 5.56 Å². The summed E-state index contributed by atoms with van der Waals surface area (Å²) in [5.41, 5.74) is 0.374. The molecular formula is C13H10N4O2.